The zero-order valence-electron chi connectivity index (χ0n) is 38.2. The van der Waals surface area contributed by atoms with Crippen LogP contribution in [0.1, 0.15) is 70.0 Å². The Balaban J connectivity index is 0.000000436. The Kier molecular flexibility index (Phi) is 28.2. The van der Waals surface area contributed by atoms with E-state index < -0.39 is 46.7 Å². The van der Waals surface area contributed by atoms with Gasteiger partial charge in [-0.2, -0.15) is 0 Å². The number of phenols is 2. The number of nitrogens with two attached hydrogens (primary N) is 2. The van der Waals surface area contributed by atoms with Crippen LogP contribution in [0.5, 0.6) is 17.2 Å². The van der Waals surface area contributed by atoms with Crippen molar-refractivity contribution in [2.75, 3.05) is 19.8 Å². The molecule has 6 aromatic rings. The van der Waals surface area contributed by atoms with Crippen LogP contribution in [0.15, 0.2) is 105 Å². The van der Waals surface area contributed by atoms with Gasteiger partial charge in [0, 0.05) is 43.6 Å². The molecule has 0 spiro atoms. The van der Waals surface area contributed by atoms with E-state index in [-0.39, 0.29) is 63.1 Å². The smallest absolute Gasteiger partial charge is 0.507 e. The molecule has 0 aliphatic heterocycles. The molecule has 4 aromatic carbocycles. The van der Waals surface area contributed by atoms with Crippen molar-refractivity contribution in [2.24, 2.45) is 11.5 Å². The van der Waals surface area contributed by atoms with Crippen LogP contribution in [0.3, 0.4) is 0 Å². The van der Waals surface area contributed by atoms with Gasteiger partial charge in [-0.3, -0.25) is 34.5 Å². The number of aromatic hydroxyl groups is 2. The number of phenolic OH excluding ortho intramolecular Hbond substituents is 1. The number of pyridine rings is 1. The molecule has 380 valence electrons. The fourth-order valence-corrected chi connectivity index (χ4v) is 5.42. The number of aromatic nitrogens is 2. The summed E-state index contributed by atoms with van der Waals surface area (Å²) >= 11 is 27.2. The SMILES string of the molecule is CCOC(=O)Cl.CCOC(=O)NC(=O)c1cc(Cl)ccc1O.CCOC(=O)Oc1ccc(Cl)cc1C(N)=O.CCc1ccc(C)nc1.NC(=O)c1cc(Cl)ccc1O.O=c1[nH]c(=O)c2cc(Cl)ccc2o1. The number of alkyl carbamates (subject to hydrolysis) is 1. The van der Waals surface area contributed by atoms with Gasteiger partial charge < -0.3 is 45.0 Å². The molecule has 2 aromatic heterocycles. The van der Waals surface area contributed by atoms with Crippen molar-refractivity contribution in [2.45, 2.75) is 41.0 Å². The van der Waals surface area contributed by atoms with Crippen molar-refractivity contribution in [1.29, 1.82) is 0 Å². The van der Waals surface area contributed by atoms with Gasteiger partial charge in [0.25, 0.3) is 23.3 Å². The fourth-order valence-electron chi connectivity index (χ4n) is 4.62. The van der Waals surface area contributed by atoms with Gasteiger partial charge in [-0.25, -0.2) is 19.2 Å². The van der Waals surface area contributed by atoms with Crippen molar-refractivity contribution in [3.8, 4) is 17.2 Å². The van der Waals surface area contributed by atoms with Gasteiger partial charge in [0.2, 0.25) is 0 Å². The lowest BCUT2D eigenvalue weighted by atomic mass is 10.2. The van der Waals surface area contributed by atoms with E-state index >= 15 is 0 Å². The number of primary amides is 2. The summed E-state index contributed by atoms with van der Waals surface area (Å²) in [6, 6.07) is 20.9. The van der Waals surface area contributed by atoms with Crippen LogP contribution in [0.25, 0.3) is 11.0 Å². The first-order valence-electron chi connectivity index (χ1n) is 20.2. The van der Waals surface area contributed by atoms with Crippen molar-refractivity contribution in [3.63, 3.8) is 0 Å². The Morgan fingerprint density at radius 3 is 1.66 bits per heavy atom. The van der Waals surface area contributed by atoms with Gasteiger partial charge in [0.15, 0.2) is 0 Å². The number of aryl methyl sites for hydroxylation is 2. The Morgan fingerprint density at radius 1 is 0.676 bits per heavy atom. The van der Waals surface area contributed by atoms with Crippen LogP contribution < -0.4 is 32.8 Å². The van der Waals surface area contributed by atoms with Gasteiger partial charge in [0.1, 0.15) is 22.8 Å². The average Bonchev–Trinajstić information content (AvgIpc) is 3.30. The summed E-state index contributed by atoms with van der Waals surface area (Å²) in [6.07, 6.45) is 1.24. The predicted octanol–water partition coefficient (Wildman–Crippen LogP) is 9.52. The van der Waals surface area contributed by atoms with E-state index in [0.29, 0.717) is 21.7 Å². The molecule has 25 heteroatoms. The highest BCUT2D eigenvalue weighted by Gasteiger charge is 2.16. The standard InChI is InChI=1S/2C10H10ClNO4.C8H4ClNO3.C8H11N.C7H6ClNO2.C3H5ClO2/c1-2-15-10(14)16-8-4-3-6(11)5-7(8)9(12)13;1-2-16-10(15)12-9(14)7-5-6(11)3-4-8(7)13;9-4-1-2-6-5(3-4)7(11)10-8(12)13-6;1-3-8-5-4-7(2)9-6-8;8-4-1-2-6(10)5(3-4)7(9)11;1-2-6-3(4)5/h3-5H,2H2,1H3,(H2,12,13);3-5,13H,2H2,1H3,(H,12,14,15);1-3H,(H,10,11,12);4-6H,3H2,1-2H3;1-3,10H,(H2,9,11);2H2,1H3. The molecule has 0 bridgehead atoms. The molecule has 0 aliphatic carbocycles. The molecule has 8 N–H and O–H groups in total. The first kappa shape index (κ1) is 61.7. The lowest BCUT2D eigenvalue weighted by Gasteiger charge is -2.07. The molecule has 71 heavy (non-hydrogen) atoms. The summed E-state index contributed by atoms with van der Waals surface area (Å²) in [7, 11) is 0. The number of amides is 4. The molecule has 0 saturated heterocycles. The monoisotopic (exact) mass is 1080 g/mol. The van der Waals surface area contributed by atoms with E-state index in [0.717, 1.165) is 12.1 Å². The van der Waals surface area contributed by atoms with Crippen molar-refractivity contribution < 1.29 is 62.3 Å². The van der Waals surface area contributed by atoms with E-state index in [1.807, 2.05) is 29.5 Å². The topological polar surface area (TPSA) is 320 Å². The van der Waals surface area contributed by atoms with Crippen LogP contribution in [0, 0.1) is 6.92 Å². The van der Waals surface area contributed by atoms with Gasteiger partial charge in [-0.15, -0.1) is 0 Å². The maximum absolute atomic E-state index is 11.5. The number of hydrogen-bond donors (Lipinski definition) is 6. The third kappa shape index (κ3) is 24.2. The quantitative estimate of drug-likeness (QED) is 0.0357. The van der Waals surface area contributed by atoms with Crippen LogP contribution >= 0.6 is 58.0 Å². The number of H-pyrrole nitrogens is 1. The van der Waals surface area contributed by atoms with Crippen molar-refractivity contribution >= 4 is 104 Å². The molecular weight excluding hydrogens is 1040 g/mol. The zero-order chi connectivity index (χ0) is 53.8. The van der Waals surface area contributed by atoms with Crippen molar-refractivity contribution in [1.82, 2.24) is 15.3 Å². The molecule has 0 aliphatic rings. The largest absolute Gasteiger partial charge is 0.513 e. The summed E-state index contributed by atoms with van der Waals surface area (Å²) in [5.74, 6) is -3.34. The van der Waals surface area contributed by atoms with Gasteiger partial charge in [-0.05, 0) is 119 Å². The Morgan fingerprint density at radius 2 is 1.18 bits per heavy atom. The number of benzene rings is 4. The minimum Gasteiger partial charge on any atom is -0.507 e. The first-order valence-corrected chi connectivity index (χ1v) is 22.1. The van der Waals surface area contributed by atoms with E-state index in [2.05, 4.69) is 32.2 Å². The van der Waals surface area contributed by atoms with E-state index in [4.69, 9.17) is 83.7 Å². The highest BCUT2D eigenvalue weighted by Crippen LogP contribution is 2.24. The van der Waals surface area contributed by atoms with E-state index in [9.17, 15) is 43.5 Å². The van der Waals surface area contributed by atoms with Crippen LogP contribution in [0.4, 0.5) is 14.4 Å². The molecule has 2 heterocycles. The lowest BCUT2D eigenvalue weighted by molar-refractivity contribution is 0.0917. The van der Waals surface area contributed by atoms with Gasteiger partial charge >= 0.3 is 23.4 Å². The second-order valence-electron chi connectivity index (χ2n) is 13.0. The molecule has 4 amide bonds. The van der Waals surface area contributed by atoms with E-state index in [1.165, 1.54) is 72.3 Å². The molecule has 6 rings (SSSR count). The number of carbonyl (C=O) groups excluding carboxylic acids is 6. The second-order valence-corrected chi connectivity index (χ2v) is 15.0. The number of ether oxygens (including phenoxy) is 4. The Labute approximate surface area is 429 Å². The number of hydrogen-bond acceptors (Lipinski definition) is 16. The number of halogens is 5. The number of imide groups is 1. The molecular formula is C46H46Cl5N5O15. The predicted molar refractivity (Wildman–Crippen MR) is 266 cm³/mol. The van der Waals surface area contributed by atoms with Crippen LogP contribution in [-0.2, 0) is 20.6 Å². The summed E-state index contributed by atoms with van der Waals surface area (Å²) in [5, 5.41) is 22.0. The minimum absolute atomic E-state index is 0.0235. The molecule has 0 saturated carbocycles. The second kappa shape index (κ2) is 32.5. The summed E-state index contributed by atoms with van der Waals surface area (Å²) in [5.41, 5.74) is 11.4. The third-order valence-corrected chi connectivity index (χ3v) is 8.87. The molecule has 0 fully saturated rings. The Hall–Kier alpha value is -7.36. The molecule has 0 unspecified atom stereocenters. The minimum atomic E-state index is -0.896. The molecule has 0 radical (unpaired) electrons. The van der Waals surface area contributed by atoms with Crippen LogP contribution in [-0.4, -0.2) is 75.4 Å². The number of carbonyl (C=O) groups is 6. The van der Waals surface area contributed by atoms with Gasteiger partial charge in [0.05, 0.1) is 41.9 Å². The van der Waals surface area contributed by atoms with E-state index in [1.54, 1.807) is 26.8 Å². The number of fused-ring (bicyclic) bond motifs is 1. The molecule has 20 nitrogen and oxygen atoms in total. The number of nitrogens with zero attached hydrogens (tertiary/aromatic N) is 1. The van der Waals surface area contributed by atoms with Crippen LogP contribution in [0.2, 0.25) is 20.1 Å². The number of aromatic amines is 1. The molecule has 0 atom stereocenters. The summed E-state index contributed by atoms with van der Waals surface area (Å²) in [6.45, 7) is 9.76. The zero-order valence-corrected chi connectivity index (χ0v) is 42.0. The average molecular weight is 1090 g/mol. The Bertz CT molecular complexity index is 2880. The number of nitrogens with one attached hydrogen (secondary N) is 2. The summed E-state index contributed by atoms with van der Waals surface area (Å²) < 4.78 is 22.8. The fraction of sp³-hybridized carbons (Fsp3) is 0.196. The third-order valence-electron chi connectivity index (χ3n) is 7.82. The maximum Gasteiger partial charge on any atom is 0.513 e. The first-order chi connectivity index (χ1) is 33.5. The normalized spacial score (nSPS) is 9.61. The highest BCUT2D eigenvalue weighted by molar-refractivity contribution is 6.61. The van der Waals surface area contributed by atoms with Crippen molar-refractivity contribution in [3.05, 3.63) is 160 Å². The van der Waals surface area contributed by atoms with Gasteiger partial charge in [-0.1, -0.05) is 59.4 Å². The lowest BCUT2D eigenvalue weighted by Crippen LogP contribution is -2.31. The number of rotatable bonds is 8. The maximum atomic E-state index is 11.5. The summed E-state index contributed by atoms with van der Waals surface area (Å²) in [4.78, 5) is 92.7. The highest BCUT2D eigenvalue weighted by atomic mass is 35.5.